The number of imidazole rings is 1. The van der Waals surface area contributed by atoms with Crippen molar-refractivity contribution in [3.8, 4) is 11.3 Å². The van der Waals surface area contributed by atoms with Crippen molar-refractivity contribution in [2.45, 2.75) is 70.1 Å². The third-order valence-electron chi connectivity index (χ3n) is 8.87. The molecule has 5 heterocycles. The standard InChI is InChI=1S/C27H33ClN8O3/c1-16-3-5-17(6-4-16)14-35-21-20(18-11-19(28)13-29-12-18)30-23(24-33-26(37)39-34-24)31-22(21)32-25(35)36-9-10-38-15-27(36)7-2-8-27/h11-13,16-17,24,34H,2-10,14-15H2,1H3,(H,33,37). The van der Waals surface area contributed by atoms with Crippen molar-refractivity contribution in [1.29, 1.82) is 0 Å². The zero-order valence-corrected chi connectivity index (χ0v) is 22.8. The van der Waals surface area contributed by atoms with Crippen LogP contribution in [0.5, 0.6) is 0 Å². The van der Waals surface area contributed by atoms with Crippen molar-refractivity contribution in [1.82, 2.24) is 35.3 Å². The number of nitrogens with one attached hydrogen (secondary N) is 2. The van der Waals surface area contributed by atoms with Gasteiger partial charge in [-0.2, -0.15) is 4.98 Å². The number of anilines is 1. The maximum absolute atomic E-state index is 11.8. The molecule has 39 heavy (non-hydrogen) atoms. The van der Waals surface area contributed by atoms with Crippen LogP contribution in [-0.2, 0) is 16.1 Å². The number of carbonyl (C=O) groups is 1. The van der Waals surface area contributed by atoms with E-state index >= 15 is 0 Å². The first kappa shape index (κ1) is 25.0. The highest BCUT2D eigenvalue weighted by molar-refractivity contribution is 6.30. The molecule has 4 aliphatic rings. The molecular formula is C27H33ClN8O3. The largest absolute Gasteiger partial charge is 0.427 e. The molecule has 4 fully saturated rings. The Hall–Kier alpha value is -3.02. The average molecular weight is 553 g/mol. The number of amides is 1. The van der Waals surface area contributed by atoms with Crippen molar-refractivity contribution < 1.29 is 14.4 Å². The fourth-order valence-corrected chi connectivity index (χ4v) is 6.69. The fraction of sp³-hybridized carbons (Fsp3) is 0.593. The Morgan fingerprint density at radius 1 is 1.15 bits per heavy atom. The van der Waals surface area contributed by atoms with E-state index in [-0.39, 0.29) is 5.54 Å². The molecule has 1 atom stereocenters. The molecule has 1 spiro atoms. The zero-order valence-electron chi connectivity index (χ0n) is 22.0. The molecule has 2 N–H and O–H groups in total. The van der Waals surface area contributed by atoms with E-state index in [4.69, 9.17) is 36.1 Å². The number of aromatic nitrogens is 5. The van der Waals surface area contributed by atoms with Gasteiger partial charge in [-0.15, -0.1) is 5.48 Å². The van der Waals surface area contributed by atoms with Crippen LogP contribution in [0.15, 0.2) is 18.5 Å². The average Bonchev–Trinajstić information content (AvgIpc) is 3.52. The summed E-state index contributed by atoms with van der Waals surface area (Å²) in [7, 11) is 0. The van der Waals surface area contributed by atoms with Crippen LogP contribution in [0.2, 0.25) is 5.02 Å². The van der Waals surface area contributed by atoms with Gasteiger partial charge in [0.05, 0.1) is 23.8 Å². The Morgan fingerprint density at radius 3 is 2.72 bits per heavy atom. The number of hydrogen-bond donors (Lipinski definition) is 2. The van der Waals surface area contributed by atoms with Crippen LogP contribution in [-0.4, -0.2) is 55.9 Å². The number of pyridine rings is 1. The molecule has 12 heteroatoms. The lowest BCUT2D eigenvalue weighted by atomic mass is 9.75. The van der Waals surface area contributed by atoms with Crippen molar-refractivity contribution in [3.63, 3.8) is 0 Å². The minimum absolute atomic E-state index is 0.0265. The van der Waals surface area contributed by atoms with Gasteiger partial charge >= 0.3 is 6.09 Å². The van der Waals surface area contributed by atoms with Crippen LogP contribution in [0, 0.1) is 11.8 Å². The molecule has 0 aromatic carbocycles. The van der Waals surface area contributed by atoms with Gasteiger partial charge in [-0.05, 0) is 50.0 Å². The number of ether oxygens (including phenoxy) is 1. The third kappa shape index (κ3) is 4.50. The number of rotatable bonds is 5. The second-order valence-corrected chi connectivity index (χ2v) is 11.9. The number of nitrogens with zero attached hydrogens (tertiary/aromatic N) is 6. The first-order valence-corrected chi connectivity index (χ1v) is 14.3. The Morgan fingerprint density at radius 2 is 2.00 bits per heavy atom. The van der Waals surface area contributed by atoms with Crippen LogP contribution >= 0.6 is 11.6 Å². The summed E-state index contributed by atoms with van der Waals surface area (Å²) < 4.78 is 8.31. The highest BCUT2D eigenvalue weighted by Gasteiger charge is 2.47. The van der Waals surface area contributed by atoms with E-state index in [0.29, 0.717) is 41.3 Å². The molecule has 2 aliphatic carbocycles. The Bertz CT molecular complexity index is 1400. The molecule has 3 aromatic heterocycles. The first-order valence-electron chi connectivity index (χ1n) is 14.0. The maximum atomic E-state index is 11.8. The van der Waals surface area contributed by atoms with E-state index in [9.17, 15) is 4.79 Å². The van der Waals surface area contributed by atoms with Gasteiger partial charge in [-0.25, -0.2) is 14.8 Å². The van der Waals surface area contributed by atoms with E-state index in [2.05, 4.69) is 32.2 Å². The van der Waals surface area contributed by atoms with Gasteiger partial charge in [0.15, 0.2) is 17.6 Å². The minimum Gasteiger partial charge on any atom is -0.377 e. The zero-order chi connectivity index (χ0) is 26.6. The lowest BCUT2D eigenvalue weighted by Gasteiger charge is -2.53. The molecule has 2 aliphatic heterocycles. The van der Waals surface area contributed by atoms with E-state index in [1.807, 2.05) is 6.07 Å². The van der Waals surface area contributed by atoms with Gasteiger partial charge in [0, 0.05) is 31.0 Å². The van der Waals surface area contributed by atoms with Gasteiger partial charge in [0.1, 0.15) is 11.2 Å². The third-order valence-corrected chi connectivity index (χ3v) is 9.08. The van der Waals surface area contributed by atoms with Gasteiger partial charge in [0.2, 0.25) is 5.95 Å². The highest BCUT2D eigenvalue weighted by atomic mass is 35.5. The van der Waals surface area contributed by atoms with Crippen LogP contribution in [0.1, 0.15) is 63.9 Å². The van der Waals surface area contributed by atoms with Crippen LogP contribution in [0.3, 0.4) is 0 Å². The van der Waals surface area contributed by atoms with E-state index in [0.717, 1.165) is 48.9 Å². The lowest BCUT2D eigenvalue weighted by molar-refractivity contribution is 0.0118. The summed E-state index contributed by atoms with van der Waals surface area (Å²) in [4.78, 5) is 38.5. The Kier molecular flexibility index (Phi) is 6.32. The molecular weight excluding hydrogens is 520 g/mol. The van der Waals surface area contributed by atoms with Gasteiger partial charge in [0.25, 0.3) is 0 Å². The number of carbonyl (C=O) groups excluding carboxylic acids is 1. The van der Waals surface area contributed by atoms with Crippen molar-refractivity contribution in [2.75, 3.05) is 24.7 Å². The first-order chi connectivity index (χ1) is 19.0. The van der Waals surface area contributed by atoms with Crippen molar-refractivity contribution in [2.24, 2.45) is 11.8 Å². The summed E-state index contributed by atoms with van der Waals surface area (Å²) >= 11 is 6.39. The topological polar surface area (TPSA) is 119 Å². The molecule has 3 aromatic rings. The predicted molar refractivity (Wildman–Crippen MR) is 145 cm³/mol. The summed E-state index contributed by atoms with van der Waals surface area (Å²) in [6.07, 6.45) is 10.3. The Balaban J connectivity index is 1.42. The number of hydroxylamine groups is 1. The molecule has 2 saturated carbocycles. The molecule has 0 bridgehead atoms. The smallest absolute Gasteiger partial charge is 0.377 e. The number of morpholine rings is 1. The quantitative estimate of drug-likeness (QED) is 0.475. The van der Waals surface area contributed by atoms with E-state index in [1.54, 1.807) is 12.4 Å². The molecule has 1 amide bonds. The molecule has 11 nitrogen and oxygen atoms in total. The van der Waals surface area contributed by atoms with Crippen molar-refractivity contribution >= 4 is 34.8 Å². The van der Waals surface area contributed by atoms with E-state index < -0.39 is 12.3 Å². The molecule has 206 valence electrons. The summed E-state index contributed by atoms with van der Waals surface area (Å²) in [6, 6.07) is 1.86. The fourth-order valence-electron chi connectivity index (χ4n) is 6.51. The summed E-state index contributed by atoms with van der Waals surface area (Å²) in [5, 5.41) is 3.23. The van der Waals surface area contributed by atoms with Crippen molar-refractivity contribution in [3.05, 3.63) is 29.3 Å². The van der Waals surface area contributed by atoms with Crippen LogP contribution in [0.25, 0.3) is 22.4 Å². The Labute approximate surface area is 231 Å². The number of hydrogen-bond acceptors (Lipinski definition) is 9. The summed E-state index contributed by atoms with van der Waals surface area (Å²) in [5.74, 6) is 2.61. The minimum atomic E-state index is -0.692. The summed E-state index contributed by atoms with van der Waals surface area (Å²) in [6.45, 7) is 5.37. The van der Waals surface area contributed by atoms with Crippen LogP contribution in [0.4, 0.5) is 10.7 Å². The lowest BCUT2D eigenvalue weighted by Crippen LogP contribution is -2.62. The predicted octanol–water partition coefficient (Wildman–Crippen LogP) is 4.37. The highest BCUT2D eigenvalue weighted by Crippen LogP contribution is 2.44. The molecule has 2 saturated heterocycles. The molecule has 1 unspecified atom stereocenters. The van der Waals surface area contributed by atoms with Gasteiger partial charge in [-0.3, -0.25) is 10.3 Å². The van der Waals surface area contributed by atoms with Crippen LogP contribution < -0.4 is 15.7 Å². The van der Waals surface area contributed by atoms with Gasteiger partial charge < -0.3 is 19.0 Å². The second kappa shape index (κ2) is 9.87. The number of fused-ring (bicyclic) bond motifs is 1. The van der Waals surface area contributed by atoms with E-state index in [1.165, 1.54) is 32.1 Å². The molecule has 0 radical (unpaired) electrons. The summed E-state index contributed by atoms with van der Waals surface area (Å²) in [5.41, 5.74) is 5.55. The van der Waals surface area contributed by atoms with Gasteiger partial charge in [-0.1, -0.05) is 31.4 Å². The molecule has 7 rings (SSSR count). The second-order valence-electron chi connectivity index (χ2n) is 11.5. The maximum Gasteiger partial charge on any atom is 0.427 e. The monoisotopic (exact) mass is 552 g/mol. The SMILES string of the molecule is CC1CCC(Cn2c(N3CCOCC34CCC4)nc3nc(C4NOC(=O)N4)nc(-c4cncc(Cl)c4)c32)CC1. The number of halogens is 1. The normalized spacial score (nSPS) is 26.5.